The summed E-state index contributed by atoms with van der Waals surface area (Å²) in [7, 11) is 0. The van der Waals surface area contributed by atoms with Crippen molar-refractivity contribution in [3.05, 3.63) is 39.3 Å². The van der Waals surface area contributed by atoms with Crippen LogP contribution in [-0.2, 0) is 12.0 Å². The zero-order valence-corrected chi connectivity index (χ0v) is 12.8. The molecule has 0 saturated carbocycles. The number of nitrogen functional groups attached to an aromatic ring is 1. The molecule has 0 radical (unpaired) electrons. The lowest BCUT2D eigenvalue weighted by atomic mass is 9.93. The van der Waals surface area contributed by atoms with Crippen LogP contribution in [0.15, 0.2) is 23.6 Å². The van der Waals surface area contributed by atoms with Crippen molar-refractivity contribution in [2.45, 2.75) is 32.8 Å². The molecule has 0 aliphatic heterocycles. The third-order valence-electron chi connectivity index (χ3n) is 2.65. The topological polar surface area (TPSA) is 48.1 Å². The number of hydrogen-bond acceptors (Lipinski definition) is 4. The second kappa shape index (κ2) is 5.39. The summed E-state index contributed by atoms with van der Waals surface area (Å²) in [4.78, 5) is 4.57. The smallest absolute Gasteiger partial charge is 0.140 e. The van der Waals surface area contributed by atoms with E-state index in [4.69, 9.17) is 22.1 Å². The van der Waals surface area contributed by atoms with E-state index in [-0.39, 0.29) is 5.41 Å². The molecule has 0 spiro atoms. The van der Waals surface area contributed by atoms with Crippen LogP contribution >= 0.6 is 22.9 Å². The SMILES string of the molecule is CC(C)(C)c1csc(COc2ccc(N)c(Cl)c2)n1. The number of aromatic nitrogens is 1. The van der Waals surface area contributed by atoms with Gasteiger partial charge in [-0.3, -0.25) is 0 Å². The molecular weight excluding hydrogens is 280 g/mol. The van der Waals surface area contributed by atoms with Gasteiger partial charge < -0.3 is 10.5 Å². The fourth-order valence-corrected chi connectivity index (χ4v) is 2.57. The van der Waals surface area contributed by atoms with Crippen LogP contribution in [-0.4, -0.2) is 4.98 Å². The summed E-state index contributed by atoms with van der Waals surface area (Å²) in [6, 6.07) is 5.26. The Labute approximate surface area is 122 Å². The minimum Gasteiger partial charge on any atom is -0.486 e. The van der Waals surface area contributed by atoms with E-state index in [0.29, 0.717) is 23.1 Å². The Hall–Kier alpha value is -1.26. The summed E-state index contributed by atoms with van der Waals surface area (Å²) in [6.07, 6.45) is 0. The highest BCUT2D eigenvalue weighted by atomic mass is 35.5. The van der Waals surface area contributed by atoms with E-state index < -0.39 is 0 Å². The van der Waals surface area contributed by atoms with Crippen molar-refractivity contribution >= 4 is 28.6 Å². The Balaban J connectivity index is 2.02. The summed E-state index contributed by atoms with van der Waals surface area (Å²) < 4.78 is 5.66. The van der Waals surface area contributed by atoms with Crippen molar-refractivity contribution in [3.63, 3.8) is 0 Å². The highest BCUT2D eigenvalue weighted by molar-refractivity contribution is 7.09. The van der Waals surface area contributed by atoms with Gasteiger partial charge in [0.25, 0.3) is 0 Å². The van der Waals surface area contributed by atoms with Crippen LogP contribution in [0.3, 0.4) is 0 Å². The fraction of sp³-hybridized carbons (Fsp3) is 0.357. The molecule has 0 bridgehead atoms. The number of hydrogen-bond donors (Lipinski definition) is 1. The maximum absolute atomic E-state index is 5.94. The summed E-state index contributed by atoms with van der Waals surface area (Å²) in [5, 5.41) is 3.54. The summed E-state index contributed by atoms with van der Waals surface area (Å²) >= 11 is 7.55. The Kier molecular flexibility index (Phi) is 4.02. The average Bonchev–Trinajstić information content (AvgIpc) is 2.79. The number of anilines is 1. The minimum absolute atomic E-state index is 0.0687. The third kappa shape index (κ3) is 3.61. The summed E-state index contributed by atoms with van der Waals surface area (Å²) in [5.41, 5.74) is 7.36. The molecule has 0 fully saturated rings. The molecule has 0 amide bonds. The highest BCUT2D eigenvalue weighted by Crippen LogP contribution is 2.27. The van der Waals surface area contributed by atoms with Crippen LogP contribution in [0.5, 0.6) is 5.75 Å². The van der Waals surface area contributed by atoms with E-state index in [2.05, 4.69) is 31.1 Å². The summed E-state index contributed by atoms with van der Waals surface area (Å²) in [6.45, 7) is 6.88. The van der Waals surface area contributed by atoms with Gasteiger partial charge in [0.2, 0.25) is 0 Å². The number of ether oxygens (including phenoxy) is 1. The Morgan fingerprint density at radius 2 is 2.11 bits per heavy atom. The lowest BCUT2D eigenvalue weighted by molar-refractivity contribution is 0.305. The lowest BCUT2D eigenvalue weighted by Crippen LogP contribution is -2.11. The summed E-state index contributed by atoms with van der Waals surface area (Å²) in [5.74, 6) is 0.701. The van der Waals surface area contributed by atoms with Crippen LogP contribution in [0.4, 0.5) is 5.69 Å². The van der Waals surface area contributed by atoms with Crippen molar-refractivity contribution in [1.29, 1.82) is 0 Å². The predicted octanol–water partition coefficient (Wildman–Crippen LogP) is 4.26. The zero-order chi connectivity index (χ0) is 14.0. The van der Waals surface area contributed by atoms with Gasteiger partial charge in [-0.05, 0) is 12.1 Å². The number of halogens is 1. The standard InChI is InChI=1S/C14H17ClN2OS/c1-14(2,3)12-8-19-13(17-12)7-18-9-4-5-11(16)10(15)6-9/h4-6,8H,7,16H2,1-3H3. The number of benzene rings is 1. The predicted molar refractivity (Wildman–Crippen MR) is 81.0 cm³/mol. The Bertz CT molecular complexity index is 575. The van der Waals surface area contributed by atoms with Crippen molar-refractivity contribution in [2.75, 3.05) is 5.73 Å². The number of rotatable bonds is 3. The largest absolute Gasteiger partial charge is 0.486 e. The number of thiazole rings is 1. The van der Waals surface area contributed by atoms with Gasteiger partial charge >= 0.3 is 0 Å². The highest BCUT2D eigenvalue weighted by Gasteiger charge is 2.17. The molecule has 102 valence electrons. The molecule has 1 aromatic carbocycles. The molecule has 3 nitrogen and oxygen atoms in total. The van der Waals surface area contributed by atoms with Gasteiger partial charge in [0, 0.05) is 16.9 Å². The molecule has 2 rings (SSSR count). The maximum Gasteiger partial charge on any atom is 0.140 e. The molecule has 2 aromatic rings. The van der Waals surface area contributed by atoms with E-state index in [1.54, 1.807) is 29.5 Å². The van der Waals surface area contributed by atoms with Crippen LogP contribution in [0, 0.1) is 0 Å². The van der Waals surface area contributed by atoms with Crippen LogP contribution < -0.4 is 10.5 Å². The van der Waals surface area contributed by atoms with Gasteiger partial charge in [-0.2, -0.15) is 0 Å². The van der Waals surface area contributed by atoms with Gasteiger partial charge in [0.1, 0.15) is 17.4 Å². The fourth-order valence-electron chi connectivity index (χ4n) is 1.46. The maximum atomic E-state index is 5.94. The molecule has 1 aromatic heterocycles. The Morgan fingerprint density at radius 1 is 1.37 bits per heavy atom. The van der Waals surface area contributed by atoms with E-state index in [9.17, 15) is 0 Å². The molecule has 5 heteroatoms. The molecule has 2 N–H and O–H groups in total. The molecule has 19 heavy (non-hydrogen) atoms. The molecular formula is C14H17ClN2OS. The normalized spacial score (nSPS) is 11.6. The van der Waals surface area contributed by atoms with Gasteiger partial charge in [0.15, 0.2) is 0 Å². The van der Waals surface area contributed by atoms with E-state index in [1.807, 2.05) is 0 Å². The van der Waals surface area contributed by atoms with E-state index in [1.165, 1.54) is 0 Å². The number of nitrogens with zero attached hydrogens (tertiary/aromatic N) is 1. The van der Waals surface area contributed by atoms with Crippen molar-refractivity contribution in [3.8, 4) is 5.75 Å². The number of nitrogens with two attached hydrogens (primary N) is 1. The molecule has 0 aliphatic carbocycles. The molecule has 0 unspecified atom stereocenters. The quantitative estimate of drug-likeness (QED) is 0.861. The van der Waals surface area contributed by atoms with Crippen molar-refractivity contribution in [2.24, 2.45) is 0 Å². The first-order valence-electron chi connectivity index (χ1n) is 5.99. The first-order valence-corrected chi connectivity index (χ1v) is 7.25. The second-order valence-corrected chi connectivity index (χ2v) is 6.70. The first-order chi connectivity index (χ1) is 8.86. The second-order valence-electron chi connectivity index (χ2n) is 5.35. The average molecular weight is 297 g/mol. The van der Waals surface area contributed by atoms with Gasteiger partial charge in [-0.1, -0.05) is 32.4 Å². The van der Waals surface area contributed by atoms with Gasteiger partial charge in [-0.25, -0.2) is 4.98 Å². The third-order valence-corrected chi connectivity index (χ3v) is 3.80. The van der Waals surface area contributed by atoms with Crippen molar-refractivity contribution in [1.82, 2.24) is 4.98 Å². The van der Waals surface area contributed by atoms with Gasteiger partial charge in [0.05, 0.1) is 16.4 Å². The van der Waals surface area contributed by atoms with Crippen LogP contribution in [0.2, 0.25) is 5.02 Å². The van der Waals surface area contributed by atoms with Gasteiger partial charge in [-0.15, -0.1) is 11.3 Å². The van der Waals surface area contributed by atoms with Crippen LogP contribution in [0.25, 0.3) is 0 Å². The Morgan fingerprint density at radius 3 is 2.68 bits per heavy atom. The minimum atomic E-state index is 0.0687. The zero-order valence-electron chi connectivity index (χ0n) is 11.2. The molecule has 0 aliphatic rings. The molecule has 0 saturated heterocycles. The van der Waals surface area contributed by atoms with E-state index in [0.717, 1.165) is 10.7 Å². The van der Waals surface area contributed by atoms with Crippen molar-refractivity contribution < 1.29 is 4.74 Å². The van der Waals surface area contributed by atoms with Crippen LogP contribution in [0.1, 0.15) is 31.5 Å². The molecule has 0 atom stereocenters. The molecule has 1 heterocycles. The lowest BCUT2D eigenvalue weighted by Gasteiger charge is -2.14. The monoisotopic (exact) mass is 296 g/mol. The van der Waals surface area contributed by atoms with E-state index >= 15 is 0 Å². The first kappa shape index (κ1) is 14.2.